The first kappa shape index (κ1) is 12.9. The Morgan fingerprint density at radius 1 is 1.30 bits per heavy atom. The van der Waals surface area contributed by atoms with Gasteiger partial charge in [0.25, 0.3) is 5.91 Å². The summed E-state index contributed by atoms with van der Waals surface area (Å²) in [7, 11) is 0. The van der Waals surface area contributed by atoms with E-state index >= 15 is 0 Å². The van der Waals surface area contributed by atoms with Crippen LogP contribution in [-0.2, 0) is 6.42 Å². The number of aromatic nitrogens is 1. The van der Waals surface area contributed by atoms with Gasteiger partial charge in [0.05, 0.1) is 5.02 Å². The largest absolute Gasteiger partial charge is 0.308 e. The highest BCUT2D eigenvalue weighted by Gasteiger charge is 2.27. The Morgan fingerprint density at radius 3 is 2.90 bits per heavy atom. The molecule has 2 heterocycles. The van der Waals surface area contributed by atoms with Gasteiger partial charge in [-0.2, -0.15) is 0 Å². The van der Waals surface area contributed by atoms with Gasteiger partial charge in [-0.1, -0.05) is 29.8 Å². The fourth-order valence-electron chi connectivity index (χ4n) is 2.35. The average Bonchev–Trinajstić information content (AvgIpc) is 2.91. The summed E-state index contributed by atoms with van der Waals surface area (Å²) < 4.78 is 0. The van der Waals surface area contributed by atoms with E-state index in [2.05, 4.69) is 10.4 Å². The molecule has 0 aliphatic carbocycles. The molecule has 0 saturated heterocycles. The number of fused-ring (bicyclic) bond motifs is 1. The van der Waals surface area contributed by atoms with Crippen molar-refractivity contribution < 1.29 is 4.79 Å². The number of anilines is 2. The molecule has 0 atom stereocenters. The second-order valence-electron chi connectivity index (χ2n) is 4.51. The van der Waals surface area contributed by atoms with E-state index < -0.39 is 0 Å². The fraction of sp³-hybridized carbons (Fsp3) is 0.143. The number of hydrogen-bond donors (Lipinski definition) is 2. The van der Waals surface area contributed by atoms with Crippen molar-refractivity contribution in [1.29, 1.82) is 0 Å². The summed E-state index contributed by atoms with van der Waals surface area (Å²) in [6, 6.07) is 11.1. The lowest BCUT2D eigenvalue weighted by Gasteiger charge is -2.17. The van der Waals surface area contributed by atoms with Crippen molar-refractivity contribution in [2.75, 3.05) is 16.9 Å². The molecule has 3 N–H and O–H groups in total. The van der Waals surface area contributed by atoms with E-state index in [0.717, 1.165) is 17.7 Å². The number of hydrogen-bond acceptors (Lipinski definition) is 4. The Hall–Kier alpha value is -2.11. The number of halogens is 1. The van der Waals surface area contributed by atoms with Gasteiger partial charge in [0.1, 0.15) is 11.5 Å². The summed E-state index contributed by atoms with van der Waals surface area (Å²) in [6.07, 6.45) is 0.842. The number of pyridine rings is 1. The topological polar surface area (TPSA) is 71.2 Å². The number of nitrogens with zero attached hydrogens (tertiary/aromatic N) is 2. The number of nitrogen functional groups attached to an aromatic ring is 1. The first-order valence-corrected chi connectivity index (χ1v) is 6.61. The molecule has 5 nitrogen and oxygen atoms in total. The molecule has 0 unspecified atom stereocenters. The van der Waals surface area contributed by atoms with Gasteiger partial charge in [0.2, 0.25) is 0 Å². The molecule has 102 valence electrons. The second kappa shape index (κ2) is 5.11. The van der Waals surface area contributed by atoms with Crippen molar-refractivity contribution in [3.63, 3.8) is 0 Å². The monoisotopic (exact) mass is 288 g/mol. The lowest BCUT2D eigenvalue weighted by Crippen LogP contribution is -2.30. The molecule has 1 aliphatic heterocycles. The molecule has 0 bridgehead atoms. The predicted molar refractivity (Wildman–Crippen MR) is 78.9 cm³/mol. The van der Waals surface area contributed by atoms with Crippen LogP contribution in [-0.4, -0.2) is 17.4 Å². The zero-order valence-corrected chi connectivity index (χ0v) is 11.4. The summed E-state index contributed by atoms with van der Waals surface area (Å²) in [5.74, 6) is 5.52. The van der Waals surface area contributed by atoms with Crippen LogP contribution in [0.25, 0.3) is 0 Å². The summed E-state index contributed by atoms with van der Waals surface area (Å²) in [5.41, 5.74) is 4.70. The average molecular weight is 289 g/mol. The molecule has 6 heteroatoms. The third kappa shape index (κ3) is 2.11. The van der Waals surface area contributed by atoms with E-state index in [1.807, 2.05) is 24.3 Å². The van der Waals surface area contributed by atoms with Gasteiger partial charge in [-0.25, -0.2) is 10.8 Å². The molecule has 20 heavy (non-hydrogen) atoms. The van der Waals surface area contributed by atoms with Crippen LogP contribution in [0.15, 0.2) is 36.4 Å². The molecule has 0 radical (unpaired) electrons. The normalized spacial score (nSPS) is 13.2. The number of para-hydroxylation sites is 1. The lowest BCUT2D eigenvalue weighted by atomic mass is 10.2. The molecule has 0 spiro atoms. The number of nitrogens with one attached hydrogen (secondary N) is 1. The van der Waals surface area contributed by atoms with Gasteiger partial charge in [0.15, 0.2) is 0 Å². The maximum atomic E-state index is 12.6. The van der Waals surface area contributed by atoms with Crippen LogP contribution in [0.1, 0.15) is 16.1 Å². The molecule has 1 aromatic heterocycles. The number of benzene rings is 1. The van der Waals surface area contributed by atoms with Gasteiger partial charge in [-0.05, 0) is 30.2 Å². The highest BCUT2D eigenvalue weighted by Crippen LogP contribution is 2.30. The highest BCUT2D eigenvalue weighted by molar-refractivity contribution is 6.34. The predicted octanol–water partition coefficient (Wildman–Crippen LogP) is 2.22. The van der Waals surface area contributed by atoms with E-state index in [1.54, 1.807) is 17.0 Å². The number of carbonyl (C=O) groups excluding carboxylic acids is 1. The minimum Gasteiger partial charge on any atom is -0.308 e. The standard InChI is InChI=1S/C14H13ClN4O/c15-10-5-6-12(18-16)17-13(10)14(20)19-8-7-9-3-1-2-4-11(9)19/h1-6H,7-8,16H2,(H,17,18). The van der Waals surface area contributed by atoms with Crippen LogP contribution < -0.4 is 16.2 Å². The third-order valence-corrected chi connectivity index (χ3v) is 3.63. The number of carbonyl (C=O) groups is 1. The van der Waals surface area contributed by atoms with Crippen molar-refractivity contribution in [2.45, 2.75) is 6.42 Å². The summed E-state index contributed by atoms with van der Waals surface area (Å²) in [5, 5.41) is 0.318. The number of hydrazine groups is 1. The van der Waals surface area contributed by atoms with Gasteiger partial charge in [0, 0.05) is 12.2 Å². The molecule has 0 fully saturated rings. The Kier molecular flexibility index (Phi) is 3.30. The van der Waals surface area contributed by atoms with E-state index in [9.17, 15) is 4.79 Å². The summed E-state index contributed by atoms with van der Waals surface area (Å²) in [4.78, 5) is 18.5. The molecule has 2 aromatic rings. The molecule has 1 amide bonds. The Morgan fingerprint density at radius 2 is 2.10 bits per heavy atom. The van der Waals surface area contributed by atoms with Crippen molar-refractivity contribution in [3.8, 4) is 0 Å². The van der Waals surface area contributed by atoms with Crippen LogP contribution in [0.2, 0.25) is 5.02 Å². The maximum Gasteiger partial charge on any atom is 0.278 e. The SMILES string of the molecule is NNc1ccc(Cl)c(C(=O)N2CCc3ccccc32)n1. The number of nitrogens with two attached hydrogens (primary N) is 1. The van der Waals surface area contributed by atoms with Gasteiger partial charge < -0.3 is 10.3 Å². The minimum atomic E-state index is -0.211. The smallest absolute Gasteiger partial charge is 0.278 e. The molecule has 1 aliphatic rings. The Bertz CT molecular complexity index is 674. The second-order valence-corrected chi connectivity index (χ2v) is 4.91. The molecular weight excluding hydrogens is 276 g/mol. The van der Waals surface area contributed by atoms with Crippen molar-refractivity contribution in [1.82, 2.24) is 4.98 Å². The summed E-state index contributed by atoms with van der Waals surface area (Å²) >= 11 is 6.07. The lowest BCUT2D eigenvalue weighted by molar-refractivity contribution is 0.0985. The van der Waals surface area contributed by atoms with E-state index in [0.29, 0.717) is 17.4 Å². The first-order chi connectivity index (χ1) is 9.70. The number of rotatable bonds is 2. The van der Waals surface area contributed by atoms with Crippen LogP contribution in [0.5, 0.6) is 0 Å². The molecule has 0 saturated carbocycles. The molecular formula is C14H13ClN4O. The first-order valence-electron chi connectivity index (χ1n) is 6.23. The van der Waals surface area contributed by atoms with Crippen molar-refractivity contribution in [3.05, 3.63) is 52.7 Å². The van der Waals surface area contributed by atoms with Gasteiger partial charge in [-0.15, -0.1) is 0 Å². The van der Waals surface area contributed by atoms with Gasteiger partial charge >= 0.3 is 0 Å². The quantitative estimate of drug-likeness (QED) is 0.657. The van der Waals surface area contributed by atoms with Crippen LogP contribution >= 0.6 is 11.6 Å². The van der Waals surface area contributed by atoms with E-state index in [1.165, 1.54) is 0 Å². The zero-order valence-electron chi connectivity index (χ0n) is 10.6. The van der Waals surface area contributed by atoms with Crippen LogP contribution in [0.4, 0.5) is 11.5 Å². The van der Waals surface area contributed by atoms with Crippen LogP contribution in [0.3, 0.4) is 0 Å². The third-order valence-electron chi connectivity index (χ3n) is 3.33. The van der Waals surface area contributed by atoms with Crippen molar-refractivity contribution >= 4 is 29.0 Å². The van der Waals surface area contributed by atoms with Gasteiger partial charge in [-0.3, -0.25) is 4.79 Å². The van der Waals surface area contributed by atoms with Crippen molar-refractivity contribution in [2.24, 2.45) is 5.84 Å². The summed E-state index contributed by atoms with van der Waals surface area (Å²) in [6.45, 7) is 0.635. The Balaban J connectivity index is 1.98. The van der Waals surface area contributed by atoms with Crippen LogP contribution in [0, 0.1) is 0 Å². The Labute approximate surface area is 121 Å². The number of amides is 1. The zero-order chi connectivity index (χ0) is 14.1. The maximum absolute atomic E-state index is 12.6. The van der Waals surface area contributed by atoms with E-state index in [4.69, 9.17) is 17.4 Å². The van der Waals surface area contributed by atoms with E-state index in [-0.39, 0.29) is 11.6 Å². The molecule has 1 aromatic carbocycles. The fourth-order valence-corrected chi connectivity index (χ4v) is 2.54. The molecule has 3 rings (SSSR count). The highest BCUT2D eigenvalue weighted by atomic mass is 35.5. The minimum absolute atomic E-state index is 0.207.